The van der Waals surface area contributed by atoms with Gasteiger partial charge in [0, 0.05) is 19.8 Å². The van der Waals surface area contributed by atoms with Crippen molar-refractivity contribution in [2.75, 3.05) is 19.8 Å². The van der Waals surface area contributed by atoms with Gasteiger partial charge in [-0.2, -0.15) is 0 Å². The molecule has 3 N–H and O–H groups in total. The number of hydroxylamine groups is 1. The van der Waals surface area contributed by atoms with Gasteiger partial charge in [-0.25, -0.2) is 18.7 Å². The van der Waals surface area contributed by atoms with Crippen LogP contribution in [0.25, 0.3) is 5.69 Å². The molecule has 2 aromatic carbocycles. The standard InChI is InChI=1S/C25H29N3O8S/c1-18-22(29)27(24(31)28(18)19-6-3-2-4-7-19)14-5-15-36-20-8-10-21(11-9-20)37(33,34)25(23(30)26-32)12-16-35-17-13-25/h2-4,6-11,29,32H,5,12-17H2,1H3,(H,26,30). The summed E-state index contributed by atoms with van der Waals surface area (Å²) < 4.78 is 38.4. The first-order valence-corrected chi connectivity index (χ1v) is 13.3. The smallest absolute Gasteiger partial charge is 0.335 e. The van der Waals surface area contributed by atoms with E-state index in [2.05, 4.69) is 0 Å². The fourth-order valence-electron chi connectivity index (χ4n) is 4.51. The van der Waals surface area contributed by atoms with Crippen molar-refractivity contribution in [2.45, 2.75) is 42.4 Å². The molecule has 0 bridgehead atoms. The Morgan fingerprint density at radius 1 is 1.11 bits per heavy atom. The maximum Gasteiger partial charge on any atom is 0.335 e. The molecule has 1 aliphatic heterocycles. The quantitative estimate of drug-likeness (QED) is 0.216. The number of benzene rings is 2. The molecule has 11 nitrogen and oxygen atoms in total. The Morgan fingerprint density at radius 3 is 2.38 bits per heavy atom. The Labute approximate surface area is 213 Å². The van der Waals surface area contributed by atoms with Crippen LogP contribution in [0.1, 0.15) is 25.0 Å². The molecular formula is C25H29N3O8S. The van der Waals surface area contributed by atoms with E-state index in [1.54, 1.807) is 19.1 Å². The normalized spacial score (nSPS) is 15.3. The molecule has 12 heteroatoms. The molecule has 0 atom stereocenters. The summed E-state index contributed by atoms with van der Waals surface area (Å²) in [4.78, 5) is 25.1. The van der Waals surface area contributed by atoms with Gasteiger partial charge >= 0.3 is 5.69 Å². The molecule has 0 saturated carbocycles. The minimum Gasteiger partial charge on any atom is -0.494 e. The maximum atomic E-state index is 13.3. The van der Waals surface area contributed by atoms with Gasteiger partial charge in [0.25, 0.3) is 5.91 Å². The fraction of sp³-hybridized carbons (Fsp3) is 0.360. The summed E-state index contributed by atoms with van der Waals surface area (Å²) in [5.41, 5.74) is 2.23. The number of sulfone groups is 1. The largest absolute Gasteiger partial charge is 0.494 e. The number of hydrogen-bond donors (Lipinski definition) is 3. The molecule has 198 valence electrons. The molecule has 1 aliphatic rings. The predicted octanol–water partition coefficient (Wildman–Crippen LogP) is 1.95. The summed E-state index contributed by atoms with van der Waals surface area (Å²) in [6.07, 6.45) is 0.265. The first-order valence-electron chi connectivity index (χ1n) is 11.8. The Kier molecular flexibility index (Phi) is 7.71. The molecule has 3 aromatic rings. The molecule has 4 rings (SSSR count). The Morgan fingerprint density at radius 2 is 1.76 bits per heavy atom. The van der Waals surface area contributed by atoms with E-state index in [-0.39, 0.29) is 55.7 Å². The third kappa shape index (κ3) is 4.87. The van der Waals surface area contributed by atoms with Crippen LogP contribution < -0.4 is 15.9 Å². The lowest BCUT2D eigenvalue weighted by Gasteiger charge is -2.34. The van der Waals surface area contributed by atoms with Gasteiger partial charge in [0.15, 0.2) is 14.6 Å². The second-order valence-corrected chi connectivity index (χ2v) is 11.0. The minimum absolute atomic E-state index is 0.0699. The fourth-order valence-corrected chi connectivity index (χ4v) is 6.45. The van der Waals surface area contributed by atoms with Crippen LogP contribution in [0.3, 0.4) is 0 Å². The van der Waals surface area contributed by atoms with Crippen molar-refractivity contribution in [3.63, 3.8) is 0 Å². The average Bonchev–Trinajstić information content (AvgIpc) is 3.14. The average molecular weight is 532 g/mol. The number of rotatable bonds is 9. The highest BCUT2D eigenvalue weighted by Crippen LogP contribution is 2.35. The van der Waals surface area contributed by atoms with Crippen LogP contribution in [-0.4, -0.2) is 58.3 Å². The number of carbonyl (C=O) groups excluding carboxylic acids is 1. The zero-order valence-corrected chi connectivity index (χ0v) is 21.1. The van der Waals surface area contributed by atoms with Crippen molar-refractivity contribution in [2.24, 2.45) is 0 Å². The highest BCUT2D eigenvalue weighted by Gasteiger charge is 2.52. The third-order valence-electron chi connectivity index (χ3n) is 6.61. The number of imidazole rings is 1. The SMILES string of the molecule is Cc1c(O)n(CCCOc2ccc(S(=O)(=O)C3(C(=O)NO)CCOCC3)cc2)c(=O)n1-c1ccccc1. The van der Waals surface area contributed by atoms with Crippen LogP contribution in [0.2, 0.25) is 0 Å². The zero-order valence-electron chi connectivity index (χ0n) is 20.3. The molecular weight excluding hydrogens is 502 g/mol. The molecule has 1 aromatic heterocycles. The van der Waals surface area contributed by atoms with E-state index >= 15 is 0 Å². The van der Waals surface area contributed by atoms with Crippen molar-refractivity contribution >= 4 is 15.7 Å². The number of para-hydroxylation sites is 1. The van der Waals surface area contributed by atoms with E-state index < -0.39 is 20.5 Å². The molecule has 0 aliphatic carbocycles. The maximum absolute atomic E-state index is 13.3. The van der Waals surface area contributed by atoms with Crippen molar-refractivity contribution in [1.29, 1.82) is 0 Å². The number of aromatic hydroxyl groups is 1. The molecule has 2 heterocycles. The Balaban J connectivity index is 1.41. The Bertz CT molecular complexity index is 1410. The molecule has 1 amide bonds. The van der Waals surface area contributed by atoms with Crippen LogP contribution in [0.5, 0.6) is 11.6 Å². The van der Waals surface area contributed by atoms with Gasteiger partial charge in [-0.15, -0.1) is 0 Å². The minimum atomic E-state index is -4.12. The first kappa shape index (κ1) is 26.5. The number of nitrogens with zero attached hydrogens (tertiary/aromatic N) is 2. The van der Waals surface area contributed by atoms with Crippen molar-refractivity contribution in [3.8, 4) is 17.3 Å². The highest BCUT2D eigenvalue weighted by molar-refractivity contribution is 7.93. The van der Waals surface area contributed by atoms with Gasteiger partial charge in [-0.1, -0.05) is 18.2 Å². The highest BCUT2D eigenvalue weighted by atomic mass is 32.2. The van der Waals surface area contributed by atoms with Gasteiger partial charge < -0.3 is 14.6 Å². The lowest BCUT2D eigenvalue weighted by Crippen LogP contribution is -2.54. The van der Waals surface area contributed by atoms with Crippen LogP contribution in [-0.2, 0) is 25.9 Å². The summed E-state index contributed by atoms with van der Waals surface area (Å²) >= 11 is 0. The van der Waals surface area contributed by atoms with Gasteiger partial charge in [0.1, 0.15) is 5.75 Å². The van der Waals surface area contributed by atoms with Gasteiger partial charge in [0.2, 0.25) is 5.88 Å². The van der Waals surface area contributed by atoms with E-state index in [4.69, 9.17) is 14.7 Å². The van der Waals surface area contributed by atoms with E-state index in [0.29, 0.717) is 23.6 Å². The topological polar surface area (TPSA) is 149 Å². The number of carbonyl (C=O) groups is 1. The van der Waals surface area contributed by atoms with E-state index in [9.17, 15) is 23.1 Å². The molecule has 0 unspecified atom stereocenters. The molecule has 37 heavy (non-hydrogen) atoms. The van der Waals surface area contributed by atoms with Crippen molar-refractivity contribution in [3.05, 3.63) is 70.8 Å². The summed E-state index contributed by atoms with van der Waals surface area (Å²) in [6.45, 7) is 2.27. The van der Waals surface area contributed by atoms with E-state index in [1.807, 2.05) is 18.2 Å². The Hall–Kier alpha value is -3.61. The summed E-state index contributed by atoms with van der Waals surface area (Å²) in [5.74, 6) is -0.690. The van der Waals surface area contributed by atoms with E-state index in [1.165, 1.54) is 38.9 Å². The predicted molar refractivity (Wildman–Crippen MR) is 133 cm³/mol. The monoisotopic (exact) mass is 531 g/mol. The van der Waals surface area contributed by atoms with Crippen molar-refractivity contribution < 1.29 is 33.0 Å². The number of ether oxygens (including phenoxy) is 2. The molecule has 1 saturated heterocycles. The van der Waals surface area contributed by atoms with Gasteiger partial charge in [0.05, 0.1) is 22.9 Å². The van der Waals surface area contributed by atoms with Crippen molar-refractivity contribution in [1.82, 2.24) is 14.6 Å². The zero-order chi connectivity index (χ0) is 26.6. The molecule has 0 spiro atoms. The second kappa shape index (κ2) is 10.8. The second-order valence-electron chi connectivity index (χ2n) is 8.74. The van der Waals surface area contributed by atoms with Crippen LogP contribution in [0.15, 0.2) is 64.3 Å². The van der Waals surface area contributed by atoms with Crippen LogP contribution in [0.4, 0.5) is 0 Å². The number of hydrogen-bond acceptors (Lipinski definition) is 8. The summed E-state index contributed by atoms with van der Waals surface area (Å²) in [5, 5.41) is 19.6. The van der Waals surface area contributed by atoms with E-state index in [0.717, 1.165) is 0 Å². The van der Waals surface area contributed by atoms with Crippen LogP contribution in [0, 0.1) is 6.92 Å². The number of amides is 1. The molecule has 1 fully saturated rings. The lowest BCUT2D eigenvalue weighted by atomic mass is 9.98. The lowest BCUT2D eigenvalue weighted by molar-refractivity contribution is -0.134. The first-order chi connectivity index (χ1) is 17.7. The third-order valence-corrected chi connectivity index (χ3v) is 9.13. The number of aromatic nitrogens is 2. The van der Waals surface area contributed by atoms with Gasteiger partial charge in [-0.05, 0) is 62.6 Å². The van der Waals surface area contributed by atoms with Gasteiger partial charge in [-0.3, -0.25) is 19.1 Å². The summed E-state index contributed by atoms with van der Waals surface area (Å²) in [6, 6.07) is 14.7. The number of nitrogens with one attached hydrogen (secondary N) is 1. The summed E-state index contributed by atoms with van der Waals surface area (Å²) in [7, 11) is -4.12. The molecule has 0 radical (unpaired) electrons. The van der Waals surface area contributed by atoms with Crippen LogP contribution >= 0.6 is 0 Å².